The highest BCUT2D eigenvalue weighted by Crippen LogP contribution is 2.23. The molecular weight excluding hydrogens is 234 g/mol. The third kappa shape index (κ3) is 3.11. The molecule has 96 valence electrons. The van der Waals surface area contributed by atoms with Crippen LogP contribution < -0.4 is 5.32 Å². The molecule has 0 amide bonds. The summed E-state index contributed by atoms with van der Waals surface area (Å²) in [7, 11) is 0. The van der Waals surface area contributed by atoms with E-state index in [0.29, 0.717) is 11.4 Å². The Kier molecular flexibility index (Phi) is 4.15. The van der Waals surface area contributed by atoms with Crippen molar-refractivity contribution in [3.8, 4) is 6.07 Å². The van der Waals surface area contributed by atoms with E-state index >= 15 is 0 Å². The van der Waals surface area contributed by atoms with Crippen LogP contribution in [0, 0.1) is 18.3 Å². The van der Waals surface area contributed by atoms with E-state index in [-0.39, 0.29) is 0 Å². The topological polar surface area (TPSA) is 48.7 Å². The van der Waals surface area contributed by atoms with Gasteiger partial charge in [0.05, 0.1) is 5.56 Å². The fraction of sp³-hybridized carbons (Fsp3) is 0.250. The lowest BCUT2D eigenvalue weighted by molar-refractivity contribution is 0.923. The monoisotopic (exact) mass is 251 g/mol. The molecule has 2 rings (SSSR count). The zero-order valence-corrected chi connectivity index (χ0v) is 11.3. The van der Waals surface area contributed by atoms with Crippen LogP contribution in [0.1, 0.15) is 30.2 Å². The molecule has 0 aliphatic rings. The quantitative estimate of drug-likeness (QED) is 0.894. The predicted octanol–water partition coefficient (Wildman–Crippen LogP) is 3.96. The number of nitrogens with one attached hydrogen (secondary N) is 1. The van der Waals surface area contributed by atoms with Crippen molar-refractivity contribution in [3.63, 3.8) is 0 Å². The minimum Gasteiger partial charge on any atom is -0.339 e. The van der Waals surface area contributed by atoms with Crippen molar-refractivity contribution in [2.24, 2.45) is 0 Å². The van der Waals surface area contributed by atoms with Gasteiger partial charge in [-0.25, -0.2) is 4.98 Å². The molecule has 0 atom stereocenters. The number of anilines is 2. The smallest absolute Gasteiger partial charge is 0.148 e. The van der Waals surface area contributed by atoms with Crippen LogP contribution in [0.25, 0.3) is 0 Å². The first-order valence-corrected chi connectivity index (χ1v) is 6.47. The first kappa shape index (κ1) is 13.1. The molecule has 0 spiro atoms. The van der Waals surface area contributed by atoms with Gasteiger partial charge in [-0.15, -0.1) is 0 Å². The van der Waals surface area contributed by atoms with Crippen molar-refractivity contribution >= 4 is 11.5 Å². The van der Waals surface area contributed by atoms with Crippen LogP contribution in [0.5, 0.6) is 0 Å². The number of hydrogen-bond acceptors (Lipinski definition) is 3. The molecule has 0 saturated heterocycles. The molecule has 0 saturated carbocycles. The second-order valence-corrected chi connectivity index (χ2v) is 4.49. The lowest BCUT2D eigenvalue weighted by Crippen LogP contribution is -2.01. The Balaban J connectivity index is 2.36. The number of para-hydroxylation sites is 1. The summed E-state index contributed by atoms with van der Waals surface area (Å²) in [4.78, 5) is 4.41. The summed E-state index contributed by atoms with van der Waals surface area (Å²) < 4.78 is 0. The Morgan fingerprint density at radius 1 is 1.21 bits per heavy atom. The number of nitrogens with zero attached hydrogens (tertiary/aromatic N) is 2. The first-order chi connectivity index (χ1) is 9.24. The highest BCUT2D eigenvalue weighted by molar-refractivity contribution is 5.65. The summed E-state index contributed by atoms with van der Waals surface area (Å²) in [5.74, 6) is 0.631. The molecule has 0 aliphatic carbocycles. The molecule has 0 bridgehead atoms. The molecule has 0 fully saturated rings. The average molecular weight is 251 g/mol. The average Bonchev–Trinajstić information content (AvgIpc) is 2.42. The number of nitriles is 1. The van der Waals surface area contributed by atoms with Gasteiger partial charge in [-0.3, -0.25) is 0 Å². The molecule has 1 N–H and O–H groups in total. The third-order valence-electron chi connectivity index (χ3n) is 2.94. The van der Waals surface area contributed by atoms with Gasteiger partial charge < -0.3 is 5.32 Å². The van der Waals surface area contributed by atoms with Gasteiger partial charge in [-0.1, -0.05) is 31.5 Å². The minimum absolute atomic E-state index is 0.567. The molecule has 19 heavy (non-hydrogen) atoms. The van der Waals surface area contributed by atoms with Crippen LogP contribution in [0.15, 0.2) is 36.4 Å². The third-order valence-corrected chi connectivity index (χ3v) is 2.94. The Hall–Kier alpha value is -2.34. The van der Waals surface area contributed by atoms with Gasteiger partial charge in [0.2, 0.25) is 0 Å². The summed E-state index contributed by atoms with van der Waals surface area (Å²) in [6, 6.07) is 14.0. The maximum Gasteiger partial charge on any atom is 0.148 e. The molecular formula is C16H17N3. The van der Waals surface area contributed by atoms with Gasteiger partial charge in [-0.2, -0.15) is 5.26 Å². The van der Waals surface area contributed by atoms with Crippen molar-refractivity contribution in [2.45, 2.75) is 26.7 Å². The fourth-order valence-corrected chi connectivity index (χ4v) is 2.00. The standard InChI is InChI=1S/C16H17N3/c1-3-6-13-7-4-5-8-15(13)19-16-14(11-17)10-9-12(2)18-16/h4-5,7-10H,3,6H2,1-2H3,(H,18,19). The highest BCUT2D eigenvalue weighted by Gasteiger charge is 2.07. The molecule has 3 heteroatoms. The lowest BCUT2D eigenvalue weighted by atomic mass is 10.1. The largest absolute Gasteiger partial charge is 0.339 e. The fourth-order valence-electron chi connectivity index (χ4n) is 2.00. The van der Waals surface area contributed by atoms with Gasteiger partial charge in [0.1, 0.15) is 11.9 Å². The maximum atomic E-state index is 9.13. The molecule has 0 radical (unpaired) electrons. The van der Waals surface area contributed by atoms with E-state index in [4.69, 9.17) is 5.26 Å². The SMILES string of the molecule is CCCc1ccccc1Nc1nc(C)ccc1C#N. The van der Waals surface area contributed by atoms with Gasteiger partial charge in [0.15, 0.2) is 0 Å². The zero-order valence-electron chi connectivity index (χ0n) is 11.3. The van der Waals surface area contributed by atoms with Crippen molar-refractivity contribution in [1.82, 2.24) is 4.98 Å². The summed E-state index contributed by atoms with van der Waals surface area (Å²) in [5.41, 5.74) is 3.74. The first-order valence-electron chi connectivity index (χ1n) is 6.47. The number of hydrogen-bond donors (Lipinski definition) is 1. The van der Waals surface area contributed by atoms with Crippen molar-refractivity contribution in [3.05, 3.63) is 53.2 Å². The maximum absolute atomic E-state index is 9.13. The number of benzene rings is 1. The Morgan fingerprint density at radius 3 is 2.74 bits per heavy atom. The van der Waals surface area contributed by atoms with Gasteiger partial charge in [0, 0.05) is 11.4 Å². The highest BCUT2D eigenvalue weighted by atomic mass is 15.0. The van der Waals surface area contributed by atoms with E-state index in [1.807, 2.05) is 31.2 Å². The summed E-state index contributed by atoms with van der Waals surface area (Å²) in [6.07, 6.45) is 2.10. The van der Waals surface area contributed by atoms with Gasteiger partial charge in [-0.05, 0) is 37.1 Å². The molecule has 3 nitrogen and oxygen atoms in total. The van der Waals surface area contributed by atoms with Crippen LogP contribution >= 0.6 is 0 Å². The lowest BCUT2D eigenvalue weighted by Gasteiger charge is -2.12. The van der Waals surface area contributed by atoms with Crippen LogP contribution in [0.4, 0.5) is 11.5 Å². The van der Waals surface area contributed by atoms with Crippen molar-refractivity contribution < 1.29 is 0 Å². The number of aromatic nitrogens is 1. The minimum atomic E-state index is 0.567. The van der Waals surface area contributed by atoms with Crippen LogP contribution in [0.2, 0.25) is 0 Å². The molecule has 0 aliphatic heterocycles. The number of pyridine rings is 1. The van der Waals surface area contributed by atoms with E-state index in [9.17, 15) is 0 Å². The van der Waals surface area contributed by atoms with E-state index in [1.54, 1.807) is 6.07 Å². The van der Waals surface area contributed by atoms with Crippen LogP contribution in [-0.2, 0) is 6.42 Å². The van der Waals surface area contributed by atoms with E-state index in [1.165, 1.54) is 5.56 Å². The summed E-state index contributed by atoms with van der Waals surface area (Å²) in [6.45, 7) is 4.08. The molecule has 1 aromatic carbocycles. The molecule has 0 unspecified atom stereocenters. The zero-order chi connectivity index (χ0) is 13.7. The molecule has 1 heterocycles. The number of aryl methyl sites for hydroxylation is 2. The summed E-state index contributed by atoms with van der Waals surface area (Å²) in [5, 5.41) is 12.4. The van der Waals surface area contributed by atoms with Crippen LogP contribution in [-0.4, -0.2) is 4.98 Å². The normalized spacial score (nSPS) is 9.95. The Labute approximate surface area is 113 Å². The molecule has 1 aromatic heterocycles. The van der Waals surface area contributed by atoms with Gasteiger partial charge in [0.25, 0.3) is 0 Å². The second-order valence-electron chi connectivity index (χ2n) is 4.49. The second kappa shape index (κ2) is 6.01. The van der Waals surface area contributed by atoms with Crippen molar-refractivity contribution in [1.29, 1.82) is 5.26 Å². The molecule has 2 aromatic rings. The van der Waals surface area contributed by atoms with E-state index in [0.717, 1.165) is 24.2 Å². The van der Waals surface area contributed by atoms with Gasteiger partial charge >= 0.3 is 0 Å². The van der Waals surface area contributed by atoms with Crippen LogP contribution in [0.3, 0.4) is 0 Å². The summed E-state index contributed by atoms with van der Waals surface area (Å²) >= 11 is 0. The van der Waals surface area contributed by atoms with E-state index in [2.05, 4.69) is 29.4 Å². The van der Waals surface area contributed by atoms with Crippen molar-refractivity contribution in [2.75, 3.05) is 5.32 Å². The number of rotatable bonds is 4. The predicted molar refractivity (Wildman–Crippen MR) is 77.4 cm³/mol. The Bertz CT molecular complexity index is 612. The Morgan fingerprint density at radius 2 is 2.00 bits per heavy atom. The van der Waals surface area contributed by atoms with E-state index < -0.39 is 0 Å².